The molecule has 0 aliphatic rings. The minimum Gasteiger partial charge on any atom is -0.496 e. The number of benzene rings is 2. The van der Waals surface area contributed by atoms with Crippen molar-refractivity contribution in [3.8, 4) is 17.5 Å². The van der Waals surface area contributed by atoms with Crippen molar-refractivity contribution < 1.29 is 9.53 Å². The van der Waals surface area contributed by atoms with E-state index in [1.165, 1.54) is 0 Å². The largest absolute Gasteiger partial charge is 0.496 e. The molecule has 0 fully saturated rings. The molecule has 4 heteroatoms. The summed E-state index contributed by atoms with van der Waals surface area (Å²) in [5.74, 6) is 0.673. The first-order chi connectivity index (χ1) is 10.3. The monoisotopic (exact) mass is 276 g/mol. The van der Waals surface area contributed by atoms with E-state index in [0.29, 0.717) is 16.9 Å². The van der Waals surface area contributed by atoms with Gasteiger partial charge in [-0.1, -0.05) is 6.07 Å². The van der Waals surface area contributed by atoms with Crippen molar-refractivity contribution in [2.75, 3.05) is 7.11 Å². The van der Waals surface area contributed by atoms with Crippen molar-refractivity contribution in [2.45, 2.75) is 0 Å². The zero-order chi connectivity index (χ0) is 14.8. The zero-order valence-electron chi connectivity index (χ0n) is 11.4. The normalized spacial score (nSPS) is 10.3. The molecule has 21 heavy (non-hydrogen) atoms. The minimum absolute atomic E-state index is 0.557. The Bertz CT molecular complexity index is 855. The molecule has 0 unspecified atom stereocenters. The van der Waals surface area contributed by atoms with Gasteiger partial charge in [-0.2, -0.15) is 5.26 Å². The quantitative estimate of drug-likeness (QED) is 0.689. The molecule has 0 amide bonds. The van der Waals surface area contributed by atoms with Gasteiger partial charge in [0.25, 0.3) is 0 Å². The summed E-state index contributed by atoms with van der Waals surface area (Å²) >= 11 is 0. The van der Waals surface area contributed by atoms with Gasteiger partial charge in [-0.25, -0.2) is 0 Å². The number of aldehydes is 1. The van der Waals surface area contributed by atoms with E-state index in [2.05, 4.69) is 6.07 Å². The van der Waals surface area contributed by atoms with Crippen LogP contribution in [0.4, 0.5) is 0 Å². The van der Waals surface area contributed by atoms with Crippen LogP contribution < -0.4 is 4.74 Å². The predicted molar refractivity (Wildman–Crippen MR) is 79.9 cm³/mol. The van der Waals surface area contributed by atoms with E-state index in [9.17, 15) is 10.1 Å². The van der Waals surface area contributed by atoms with Crippen LogP contribution >= 0.6 is 0 Å². The fourth-order valence-corrected chi connectivity index (χ4v) is 2.44. The number of carbonyl (C=O) groups is 1. The Kier molecular flexibility index (Phi) is 3.17. The smallest absolute Gasteiger partial charge is 0.150 e. The molecule has 3 rings (SSSR count). The number of fused-ring (bicyclic) bond motifs is 1. The van der Waals surface area contributed by atoms with Gasteiger partial charge in [0.1, 0.15) is 18.1 Å². The van der Waals surface area contributed by atoms with Crippen LogP contribution in [0.25, 0.3) is 16.6 Å². The Morgan fingerprint density at radius 3 is 2.57 bits per heavy atom. The van der Waals surface area contributed by atoms with Crippen molar-refractivity contribution >= 4 is 17.2 Å². The van der Waals surface area contributed by atoms with Crippen LogP contribution in [0.1, 0.15) is 15.9 Å². The Hall–Kier alpha value is -3.06. The third-order valence-electron chi connectivity index (χ3n) is 3.44. The predicted octanol–water partition coefficient (Wildman–Crippen LogP) is 3.32. The fourth-order valence-electron chi connectivity index (χ4n) is 2.44. The molecule has 0 radical (unpaired) electrons. The lowest BCUT2D eigenvalue weighted by Gasteiger charge is -2.06. The highest BCUT2D eigenvalue weighted by Gasteiger charge is 2.13. The number of methoxy groups -OCH3 is 1. The SMILES string of the molecule is COc1cccc2c1c(C#N)cn2-c1ccc(C=O)cc1. The summed E-state index contributed by atoms with van der Waals surface area (Å²) in [5.41, 5.74) is 2.96. The average Bonchev–Trinajstić information content (AvgIpc) is 2.94. The van der Waals surface area contributed by atoms with Crippen molar-refractivity contribution in [2.24, 2.45) is 0 Å². The molecule has 4 nitrogen and oxygen atoms in total. The van der Waals surface area contributed by atoms with E-state index in [4.69, 9.17) is 4.74 Å². The lowest BCUT2D eigenvalue weighted by Crippen LogP contribution is -1.92. The molecule has 2 aromatic carbocycles. The number of hydrogen-bond donors (Lipinski definition) is 0. The number of carbonyl (C=O) groups excluding carboxylic acids is 1. The van der Waals surface area contributed by atoms with Crippen molar-refractivity contribution in [1.82, 2.24) is 4.57 Å². The van der Waals surface area contributed by atoms with Crippen LogP contribution in [0.15, 0.2) is 48.7 Å². The molecule has 0 N–H and O–H groups in total. The van der Waals surface area contributed by atoms with Crippen molar-refractivity contribution in [1.29, 1.82) is 5.26 Å². The van der Waals surface area contributed by atoms with Crippen LogP contribution in [0.2, 0.25) is 0 Å². The molecule has 3 aromatic rings. The van der Waals surface area contributed by atoms with Gasteiger partial charge < -0.3 is 9.30 Å². The molecular formula is C17H12N2O2. The molecule has 102 valence electrons. The Labute approximate surface area is 121 Å². The molecule has 0 aliphatic carbocycles. The highest BCUT2D eigenvalue weighted by molar-refractivity contribution is 5.93. The highest BCUT2D eigenvalue weighted by atomic mass is 16.5. The number of rotatable bonds is 3. The highest BCUT2D eigenvalue weighted by Crippen LogP contribution is 2.32. The number of nitriles is 1. The summed E-state index contributed by atoms with van der Waals surface area (Å²) in [7, 11) is 1.59. The maximum atomic E-state index is 10.7. The standard InChI is InChI=1S/C17H12N2O2/c1-21-16-4-2-3-15-17(16)13(9-18)10-19(15)14-7-5-12(11-20)6-8-14/h2-8,10-11H,1H3. The summed E-state index contributed by atoms with van der Waals surface area (Å²) in [6, 6.07) is 15.1. The maximum Gasteiger partial charge on any atom is 0.150 e. The molecule has 0 aliphatic heterocycles. The van der Waals surface area contributed by atoms with E-state index >= 15 is 0 Å². The average molecular weight is 276 g/mol. The molecule has 1 heterocycles. The summed E-state index contributed by atoms with van der Waals surface area (Å²) in [6.45, 7) is 0. The number of hydrogen-bond acceptors (Lipinski definition) is 3. The number of aromatic nitrogens is 1. The second-order valence-corrected chi connectivity index (χ2v) is 4.59. The third kappa shape index (κ3) is 2.05. The Morgan fingerprint density at radius 1 is 1.19 bits per heavy atom. The Morgan fingerprint density at radius 2 is 1.95 bits per heavy atom. The second-order valence-electron chi connectivity index (χ2n) is 4.59. The number of ether oxygens (including phenoxy) is 1. The molecule has 0 saturated carbocycles. The second kappa shape index (κ2) is 5.14. The summed E-state index contributed by atoms with van der Waals surface area (Å²) < 4.78 is 7.27. The Balaban J connectivity index is 2.28. The van der Waals surface area contributed by atoms with Crippen molar-refractivity contribution in [3.63, 3.8) is 0 Å². The van der Waals surface area contributed by atoms with Gasteiger partial charge in [0.15, 0.2) is 0 Å². The molecule has 1 aromatic heterocycles. The van der Waals surface area contributed by atoms with E-state index in [1.54, 1.807) is 25.4 Å². The van der Waals surface area contributed by atoms with Crippen LogP contribution in [-0.2, 0) is 0 Å². The van der Waals surface area contributed by atoms with E-state index in [-0.39, 0.29) is 0 Å². The fraction of sp³-hybridized carbons (Fsp3) is 0.0588. The van der Waals surface area contributed by atoms with Crippen LogP contribution in [0.5, 0.6) is 5.75 Å². The number of nitrogens with zero attached hydrogens (tertiary/aromatic N) is 2. The molecule has 0 saturated heterocycles. The summed E-state index contributed by atoms with van der Waals surface area (Å²) in [6.07, 6.45) is 2.59. The molecule has 0 bridgehead atoms. The van der Waals surface area contributed by atoms with E-state index in [1.807, 2.05) is 34.9 Å². The first-order valence-electron chi connectivity index (χ1n) is 6.42. The van der Waals surface area contributed by atoms with E-state index < -0.39 is 0 Å². The molecular weight excluding hydrogens is 264 g/mol. The van der Waals surface area contributed by atoms with Gasteiger partial charge in [0.05, 0.1) is 23.6 Å². The lowest BCUT2D eigenvalue weighted by atomic mass is 10.1. The topological polar surface area (TPSA) is 55.0 Å². The first kappa shape index (κ1) is 12.9. The van der Waals surface area contributed by atoms with Gasteiger partial charge >= 0.3 is 0 Å². The molecule has 0 atom stereocenters. The van der Waals surface area contributed by atoms with Crippen LogP contribution in [-0.4, -0.2) is 18.0 Å². The van der Waals surface area contributed by atoms with Crippen LogP contribution in [0.3, 0.4) is 0 Å². The minimum atomic E-state index is 0.557. The van der Waals surface area contributed by atoms with Gasteiger partial charge in [0, 0.05) is 17.4 Å². The zero-order valence-corrected chi connectivity index (χ0v) is 11.4. The lowest BCUT2D eigenvalue weighted by molar-refractivity contribution is 0.112. The summed E-state index contributed by atoms with van der Waals surface area (Å²) in [4.78, 5) is 10.7. The van der Waals surface area contributed by atoms with Gasteiger partial charge in [-0.15, -0.1) is 0 Å². The first-order valence-corrected chi connectivity index (χ1v) is 6.42. The van der Waals surface area contributed by atoms with E-state index in [0.717, 1.165) is 22.9 Å². The molecule has 0 spiro atoms. The third-order valence-corrected chi connectivity index (χ3v) is 3.44. The van der Waals surface area contributed by atoms with Crippen molar-refractivity contribution in [3.05, 3.63) is 59.8 Å². The van der Waals surface area contributed by atoms with Gasteiger partial charge in [-0.3, -0.25) is 4.79 Å². The summed E-state index contributed by atoms with van der Waals surface area (Å²) in [5, 5.41) is 10.1. The van der Waals surface area contributed by atoms with Gasteiger partial charge in [-0.05, 0) is 36.4 Å². The van der Waals surface area contributed by atoms with Crippen LogP contribution in [0, 0.1) is 11.3 Å². The van der Waals surface area contributed by atoms with Gasteiger partial charge in [0.2, 0.25) is 0 Å². The maximum absolute atomic E-state index is 10.7.